The molecule has 0 spiro atoms. The minimum atomic E-state index is 0.380. The van der Waals surface area contributed by atoms with E-state index < -0.39 is 0 Å². The number of nitrogens with zero attached hydrogens (tertiary/aromatic N) is 1. The summed E-state index contributed by atoms with van der Waals surface area (Å²) in [5.41, 5.74) is 3.98. The number of hydrogen-bond donors (Lipinski definition) is 1. The Bertz CT molecular complexity index is 550. The number of phenols is 1. The van der Waals surface area contributed by atoms with Gasteiger partial charge in [0.25, 0.3) is 0 Å². The normalized spacial score (nSPS) is 13.6. The highest BCUT2D eigenvalue weighted by Gasteiger charge is 2.18. The van der Waals surface area contributed by atoms with Crippen molar-refractivity contribution < 1.29 is 5.11 Å². The molecule has 1 N–H and O–H groups in total. The van der Waals surface area contributed by atoms with Gasteiger partial charge in [0, 0.05) is 18.8 Å². The number of aromatic hydroxyl groups is 1. The van der Waals surface area contributed by atoms with Gasteiger partial charge in [0.05, 0.1) is 0 Å². The first kappa shape index (κ1) is 12.1. The highest BCUT2D eigenvalue weighted by molar-refractivity contribution is 5.59. The van der Waals surface area contributed by atoms with E-state index >= 15 is 0 Å². The Morgan fingerprint density at radius 1 is 1.05 bits per heavy atom. The monoisotopic (exact) mass is 253 g/mol. The van der Waals surface area contributed by atoms with Crippen molar-refractivity contribution in [2.45, 2.75) is 19.3 Å². The van der Waals surface area contributed by atoms with Crippen LogP contribution in [0.1, 0.15) is 17.5 Å². The Morgan fingerprint density at radius 2 is 1.89 bits per heavy atom. The molecule has 2 aromatic carbocycles. The number of benzene rings is 2. The number of anilines is 1. The standard InChI is InChI=1S/C17H19NO/c19-16-8-9-17-15(13-16)10-12-18(17)11-4-7-14-5-2-1-3-6-14/h1-3,5-6,8-9,13,19H,4,7,10-12H2. The average molecular weight is 253 g/mol. The van der Waals surface area contributed by atoms with Crippen molar-refractivity contribution in [1.82, 2.24) is 0 Å². The lowest BCUT2D eigenvalue weighted by Gasteiger charge is -2.19. The van der Waals surface area contributed by atoms with E-state index in [1.54, 1.807) is 6.07 Å². The molecular weight excluding hydrogens is 234 g/mol. The Hall–Kier alpha value is -1.96. The number of fused-ring (bicyclic) bond motifs is 1. The van der Waals surface area contributed by atoms with Gasteiger partial charge in [-0.1, -0.05) is 30.3 Å². The summed E-state index contributed by atoms with van der Waals surface area (Å²) >= 11 is 0. The van der Waals surface area contributed by atoms with Crippen LogP contribution in [-0.4, -0.2) is 18.2 Å². The fourth-order valence-corrected chi connectivity index (χ4v) is 2.81. The van der Waals surface area contributed by atoms with E-state index in [0.717, 1.165) is 25.9 Å². The quantitative estimate of drug-likeness (QED) is 0.903. The number of aryl methyl sites for hydroxylation is 1. The average Bonchev–Trinajstić information content (AvgIpc) is 2.82. The van der Waals surface area contributed by atoms with Crippen LogP contribution in [0.4, 0.5) is 5.69 Å². The predicted molar refractivity (Wildman–Crippen MR) is 78.8 cm³/mol. The zero-order chi connectivity index (χ0) is 13.1. The van der Waals surface area contributed by atoms with Crippen LogP contribution in [-0.2, 0) is 12.8 Å². The summed E-state index contributed by atoms with van der Waals surface area (Å²) in [6.45, 7) is 2.17. The van der Waals surface area contributed by atoms with Crippen LogP contribution in [0, 0.1) is 0 Å². The molecule has 0 bridgehead atoms. The Kier molecular flexibility index (Phi) is 3.41. The summed E-state index contributed by atoms with van der Waals surface area (Å²) in [7, 11) is 0. The highest BCUT2D eigenvalue weighted by Crippen LogP contribution is 2.30. The molecule has 0 unspecified atom stereocenters. The van der Waals surface area contributed by atoms with Gasteiger partial charge < -0.3 is 10.0 Å². The van der Waals surface area contributed by atoms with Gasteiger partial charge in [0.2, 0.25) is 0 Å². The smallest absolute Gasteiger partial charge is 0.116 e. The maximum Gasteiger partial charge on any atom is 0.116 e. The van der Waals surface area contributed by atoms with E-state index in [9.17, 15) is 5.11 Å². The van der Waals surface area contributed by atoms with E-state index in [2.05, 4.69) is 35.2 Å². The van der Waals surface area contributed by atoms with Crippen molar-refractivity contribution in [1.29, 1.82) is 0 Å². The van der Waals surface area contributed by atoms with Crippen molar-refractivity contribution >= 4 is 5.69 Å². The van der Waals surface area contributed by atoms with Crippen molar-refractivity contribution in [3.8, 4) is 5.75 Å². The summed E-state index contributed by atoms with van der Waals surface area (Å²) in [4.78, 5) is 2.43. The molecule has 3 rings (SSSR count). The molecule has 0 aromatic heterocycles. The molecule has 1 aliphatic rings. The van der Waals surface area contributed by atoms with Gasteiger partial charge in [-0.2, -0.15) is 0 Å². The summed E-state index contributed by atoms with van der Waals surface area (Å²) in [5, 5.41) is 9.49. The topological polar surface area (TPSA) is 23.5 Å². The molecule has 0 amide bonds. The lowest BCUT2D eigenvalue weighted by molar-refractivity contribution is 0.475. The molecule has 98 valence electrons. The first-order valence-corrected chi connectivity index (χ1v) is 6.94. The van der Waals surface area contributed by atoms with Gasteiger partial charge in [0.1, 0.15) is 5.75 Å². The van der Waals surface area contributed by atoms with Crippen LogP contribution in [0.3, 0.4) is 0 Å². The molecule has 2 aromatic rings. The molecule has 19 heavy (non-hydrogen) atoms. The van der Waals surface area contributed by atoms with Crippen LogP contribution in [0.2, 0.25) is 0 Å². The van der Waals surface area contributed by atoms with Gasteiger partial charge in [-0.25, -0.2) is 0 Å². The molecular formula is C17H19NO. The number of phenolic OH excluding ortho intramolecular Hbond substituents is 1. The molecule has 0 saturated heterocycles. The molecule has 1 heterocycles. The second kappa shape index (κ2) is 5.35. The molecule has 1 aliphatic heterocycles. The SMILES string of the molecule is Oc1ccc2c(c1)CCN2CCCc1ccccc1. The molecule has 0 radical (unpaired) electrons. The van der Waals surface area contributed by atoms with Crippen LogP contribution in [0.5, 0.6) is 5.75 Å². The minimum absolute atomic E-state index is 0.380. The third-order valence-corrected chi connectivity index (χ3v) is 3.79. The van der Waals surface area contributed by atoms with Crippen LogP contribution in [0.25, 0.3) is 0 Å². The largest absolute Gasteiger partial charge is 0.508 e. The zero-order valence-corrected chi connectivity index (χ0v) is 11.0. The third-order valence-electron chi connectivity index (χ3n) is 3.79. The maximum absolute atomic E-state index is 9.49. The van der Waals surface area contributed by atoms with Crippen LogP contribution >= 0.6 is 0 Å². The lowest BCUT2D eigenvalue weighted by atomic mass is 10.1. The van der Waals surface area contributed by atoms with Crippen LogP contribution < -0.4 is 4.90 Å². The van der Waals surface area contributed by atoms with E-state index in [-0.39, 0.29) is 0 Å². The van der Waals surface area contributed by atoms with E-state index in [1.165, 1.54) is 23.2 Å². The van der Waals surface area contributed by atoms with Gasteiger partial charge in [-0.15, -0.1) is 0 Å². The molecule has 2 heteroatoms. The predicted octanol–water partition coefficient (Wildman–Crippen LogP) is 3.39. The molecule has 0 atom stereocenters. The first-order valence-electron chi connectivity index (χ1n) is 6.94. The second-order valence-corrected chi connectivity index (χ2v) is 5.14. The summed E-state index contributed by atoms with van der Waals surface area (Å²) in [5.74, 6) is 0.380. The van der Waals surface area contributed by atoms with Crippen molar-refractivity contribution in [2.75, 3.05) is 18.0 Å². The van der Waals surface area contributed by atoms with Gasteiger partial charge in [0.15, 0.2) is 0 Å². The van der Waals surface area contributed by atoms with Gasteiger partial charge in [-0.05, 0) is 48.6 Å². The lowest BCUT2D eigenvalue weighted by Crippen LogP contribution is -2.22. The first-order chi connectivity index (χ1) is 9.33. The number of rotatable bonds is 4. The maximum atomic E-state index is 9.49. The van der Waals surface area contributed by atoms with Crippen molar-refractivity contribution in [3.63, 3.8) is 0 Å². The third kappa shape index (κ3) is 2.73. The summed E-state index contributed by atoms with van der Waals surface area (Å²) in [6.07, 6.45) is 3.35. The fraction of sp³-hybridized carbons (Fsp3) is 0.294. The highest BCUT2D eigenvalue weighted by atomic mass is 16.3. The zero-order valence-electron chi connectivity index (χ0n) is 11.0. The van der Waals surface area contributed by atoms with Crippen molar-refractivity contribution in [3.05, 3.63) is 59.7 Å². The van der Waals surface area contributed by atoms with E-state index in [0.29, 0.717) is 5.75 Å². The Labute approximate surface area is 114 Å². The van der Waals surface area contributed by atoms with Gasteiger partial charge >= 0.3 is 0 Å². The van der Waals surface area contributed by atoms with E-state index in [4.69, 9.17) is 0 Å². The van der Waals surface area contributed by atoms with E-state index in [1.807, 2.05) is 12.1 Å². The van der Waals surface area contributed by atoms with Gasteiger partial charge in [-0.3, -0.25) is 0 Å². The Morgan fingerprint density at radius 3 is 2.74 bits per heavy atom. The Balaban J connectivity index is 1.58. The minimum Gasteiger partial charge on any atom is -0.508 e. The molecule has 0 saturated carbocycles. The summed E-state index contributed by atoms with van der Waals surface area (Å²) < 4.78 is 0. The van der Waals surface area contributed by atoms with Crippen LogP contribution in [0.15, 0.2) is 48.5 Å². The summed E-state index contributed by atoms with van der Waals surface area (Å²) in [6, 6.07) is 16.4. The molecule has 0 aliphatic carbocycles. The second-order valence-electron chi connectivity index (χ2n) is 5.14. The fourth-order valence-electron chi connectivity index (χ4n) is 2.81. The van der Waals surface area contributed by atoms with Crippen molar-refractivity contribution in [2.24, 2.45) is 0 Å². The molecule has 0 fully saturated rings. The number of hydrogen-bond acceptors (Lipinski definition) is 2. The molecule has 2 nitrogen and oxygen atoms in total.